The fraction of sp³-hybridized carbons (Fsp3) is 0.950. The normalized spacial score (nSPS) is 44.8. The van der Waals surface area contributed by atoms with Gasteiger partial charge in [-0.2, -0.15) is 0 Å². The molecule has 0 amide bonds. The zero-order valence-corrected chi connectivity index (χ0v) is 76.2. The molecule has 21 rings (SSSR count). The third kappa shape index (κ3) is 21.3. The van der Waals surface area contributed by atoms with E-state index in [9.17, 15) is 24.0 Å². The molecule has 0 aromatic heterocycles. The van der Waals surface area contributed by atoms with E-state index in [0.717, 1.165) is 199 Å². The fourth-order valence-electron chi connectivity index (χ4n) is 30.3. The van der Waals surface area contributed by atoms with Crippen molar-refractivity contribution in [1.29, 1.82) is 0 Å². The van der Waals surface area contributed by atoms with Gasteiger partial charge in [-0.3, -0.25) is 24.0 Å². The van der Waals surface area contributed by atoms with E-state index in [-0.39, 0.29) is 63.3 Å². The molecule has 0 aliphatic heterocycles. The van der Waals surface area contributed by atoms with Gasteiger partial charge in [-0.25, -0.2) is 0 Å². The van der Waals surface area contributed by atoms with Crippen LogP contribution in [0.5, 0.6) is 0 Å². The van der Waals surface area contributed by atoms with Crippen LogP contribution >= 0.6 is 0 Å². The van der Waals surface area contributed by atoms with Gasteiger partial charge in [0.1, 0.15) is 28.0 Å². The SMILES string of the molecule is CC(=O)OC(C)(C)C12CC3CC(CC(C3)C1)C2.CC1C2CCC(C2)C1C.CC1C2CCC(C2)C1C.CC1C2CCC(C2)C1C.CC1C2CCC(C2)C1C.CC1C2CCC(C2)C1C.CCC(C)(C)OC(C)=O.CCC1(OC(C)=O)C2CC3CC(C2)CC1C3.CCC1(OC(C)=O)CC2CCC1C2.CCC1(OC(C)=O)CCCC1. The van der Waals surface area contributed by atoms with E-state index in [1.165, 1.54) is 188 Å². The Morgan fingerprint density at radius 3 is 0.829 bits per heavy atom. The minimum atomic E-state index is -0.286. The van der Waals surface area contributed by atoms with Crippen LogP contribution in [0, 0.1) is 177 Å². The minimum Gasteiger partial charge on any atom is -0.460 e. The number of rotatable bonds is 10. The Morgan fingerprint density at radius 1 is 0.306 bits per heavy atom. The van der Waals surface area contributed by atoms with Crippen molar-refractivity contribution in [3.8, 4) is 0 Å². The van der Waals surface area contributed by atoms with Crippen LogP contribution in [0.15, 0.2) is 0 Å². The number of fused-ring (bicyclic) bond motifs is 12. The lowest BCUT2D eigenvalue weighted by Gasteiger charge is -2.61. The molecule has 0 radical (unpaired) electrons. The Kier molecular flexibility index (Phi) is 31.2. The Labute approximate surface area is 682 Å². The summed E-state index contributed by atoms with van der Waals surface area (Å²) >= 11 is 0. The summed E-state index contributed by atoms with van der Waals surface area (Å²) in [6.45, 7) is 48.5. The van der Waals surface area contributed by atoms with Crippen molar-refractivity contribution in [2.45, 2.75) is 431 Å². The fourth-order valence-corrected chi connectivity index (χ4v) is 30.3. The first kappa shape index (κ1) is 90.7. The molecule has 638 valence electrons. The molecule has 111 heavy (non-hydrogen) atoms. The molecule has 21 fully saturated rings. The number of ether oxygens (including phenoxy) is 5. The molecular formula is C101H174O10. The van der Waals surface area contributed by atoms with E-state index in [1.54, 1.807) is 46.0 Å². The van der Waals surface area contributed by atoms with Gasteiger partial charge in [0.2, 0.25) is 0 Å². The highest BCUT2D eigenvalue weighted by molar-refractivity contribution is 5.68. The van der Waals surface area contributed by atoms with E-state index >= 15 is 0 Å². The number of carbonyl (C=O) groups excluding carboxylic acids is 5. The van der Waals surface area contributed by atoms with Gasteiger partial charge in [-0.1, -0.05) is 96.9 Å². The van der Waals surface area contributed by atoms with Gasteiger partial charge in [0, 0.05) is 40.0 Å². The van der Waals surface area contributed by atoms with E-state index in [2.05, 4.69) is 104 Å². The average molecular weight is 1550 g/mol. The van der Waals surface area contributed by atoms with Gasteiger partial charge in [-0.15, -0.1) is 0 Å². The topological polar surface area (TPSA) is 132 Å². The van der Waals surface area contributed by atoms with Crippen LogP contribution < -0.4 is 0 Å². The van der Waals surface area contributed by atoms with Gasteiger partial charge in [0.25, 0.3) is 0 Å². The second-order valence-electron chi connectivity index (χ2n) is 44.4. The van der Waals surface area contributed by atoms with E-state index in [0.29, 0.717) is 17.8 Å². The molecule has 0 aromatic carbocycles. The van der Waals surface area contributed by atoms with E-state index in [4.69, 9.17) is 23.7 Å². The lowest BCUT2D eigenvalue weighted by Crippen LogP contribution is -2.59. The van der Waals surface area contributed by atoms with Gasteiger partial charge in [0.15, 0.2) is 0 Å². The minimum absolute atomic E-state index is 0.0747. The number of carbonyl (C=O) groups is 5. The van der Waals surface area contributed by atoms with Crippen molar-refractivity contribution in [3.63, 3.8) is 0 Å². The van der Waals surface area contributed by atoms with Crippen molar-refractivity contribution in [3.05, 3.63) is 0 Å². The van der Waals surface area contributed by atoms with Crippen LogP contribution in [-0.2, 0) is 47.7 Å². The van der Waals surface area contributed by atoms with E-state index < -0.39 is 0 Å². The predicted molar refractivity (Wildman–Crippen MR) is 454 cm³/mol. The molecule has 21 aliphatic rings. The average Bonchev–Trinajstić information content (AvgIpc) is 1.73. The molecule has 21 saturated carbocycles. The van der Waals surface area contributed by atoms with Crippen LogP contribution in [0.25, 0.3) is 0 Å². The first-order valence-electron chi connectivity index (χ1n) is 48.3. The van der Waals surface area contributed by atoms with Gasteiger partial charge in [-0.05, 0) is 443 Å². The molecule has 10 nitrogen and oxygen atoms in total. The van der Waals surface area contributed by atoms with Gasteiger partial charge >= 0.3 is 29.8 Å². The maximum absolute atomic E-state index is 11.4. The Hall–Kier alpha value is -2.65. The third-order valence-corrected chi connectivity index (χ3v) is 37.9. The van der Waals surface area contributed by atoms with Crippen molar-refractivity contribution in [1.82, 2.24) is 0 Å². The molecule has 0 spiro atoms. The third-order valence-electron chi connectivity index (χ3n) is 37.9. The highest BCUT2D eigenvalue weighted by Crippen LogP contribution is 2.66. The molecule has 0 heterocycles. The molecule has 20 bridgehead atoms. The maximum atomic E-state index is 11.4. The van der Waals surface area contributed by atoms with Crippen molar-refractivity contribution in [2.75, 3.05) is 0 Å². The molecule has 10 heteroatoms. The van der Waals surface area contributed by atoms with Crippen molar-refractivity contribution >= 4 is 29.8 Å². The van der Waals surface area contributed by atoms with Crippen molar-refractivity contribution in [2.24, 2.45) is 177 Å². The molecule has 0 N–H and O–H groups in total. The van der Waals surface area contributed by atoms with Crippen LogP contribution in [0.4, 0.5) is 0 Å². The Bertz CT molecular complexity index is 2660. The first-order chi connectivity index (χ1) is 52.3. The quantitative estimate of drug-likeness (QED) is 0.154. The Balaban J connectivity index is 0.000000132. The Morgan fingerprint density at radius 2 is 0.613 bits per heavy atom. The molecule has 23 unspecified atom stereocenters. The van der Waals surface area contributed by atoms with Gasteiger partial charge in [0.05, 0.1) is 0 Å². The molecule has 0 saturated heterocycles. The second kappa shape index (κ2) is 38.2. The predicted octanol–water partition coefficient (Wildman–Crippen LogP) is 26.7. The zero-order chi connectivity index (χ0) is 81.0. The summed E-state index contributed by atoms with van der Waals surface area (Å²) in [7, 11) is 0. The summed E-state index contributed by atoms with van der Waals surface area (Å²) < 4.78 is 27.3. The number of hydrogen-bond donors (Lipinski definition) is 0. The maximum Gasteiger partial charge on any atom is 0.303 e. The van der Waals surface area contributed by atoms with Crippen LogP contribution in [0.1, 0.15) is 403 Å². The summed E-state index contributed by atoms with van der Waals surface area (Å²) in [6.07, 6.45) is 51.5. The highest BCUT2D eigenvalue weighted by Gasteiger charge is 2.61. The first-order valence-corrected chi connectivity index (χ1v) is 48.3. The smallest absolute Gasteiger partial charge is 0.303 e. The summed E-state index contributed by atoms with van der Waals surface area (Å²) in [4.78, 5) is 54.9. The summed E-state index contributed by atoms with van der Waals surface area (Å²) in [5.74, 6) is 28.4. The van der Waals surface area contributed by atoms with Crippen LogP contribution in [0.2, 0.25) is 0 Å². The molecular weight excluding hydrogens is 1370 g/mol. The summed E-state index contributed by atoms with van der Waals surface area (Å²) in [5, 5.41) is 0. The second-order valence-corrected chi connectivity index (χ2v) is 44.4. The van der Waals surface area contributed by atoms with E-state index in [1.807, 2.05) is 20.8 Å². The monoisotopic (exact) mass is 1550 g/mol. The van der Waals surface area contributed by atoms with Crippen LogP contribution in [-0.4, -0.2) is 57.9 Å². The van der Waals surface area contributed by atoms with Crippen molar-refractivity contribution < 1.29 is 47.7 Å². The molecule has 21 aliphatic carbocycles. The standard InChI is InChI=1S/C15H24O2.C14H22O2.C11H18O2.C9H16O2.5C9H16.C7H14O2/c1-10(16)17-14(2,3)15-7-11-4-12(8-15)6-13(5-11)9-15;1-3-14(16-9(2)15)12-5-10-4-11(7-12)8-13(14)6-10;1-3-11(13-8(2)12)7-9-4-5-10(11)6-9;1-3-9(11-8(2)10)6-4-5-7-9;5*1-6-7(2)9-4-3-8(6)5-9;1-5-7(3,4)9-6(2)8/h11-13H,4-9H2,1-3H3;10-13H,3-8H2,1-2H3;9-10H,3-7H2,1-2H3;3-7H2,1-2H3;5*6-9H,3-5H2,1-2H3;5H2,1-4H3. The lowest BCUT2D eigenvalue weighted by atomic mass is 9.46. The number of esters is 5. The zero-order valence-electron chi connectivity index (χ0n) is 76.2. The highest BCUT2D eigenvalue weighted by atomic mass is 16.6. The number of hydrogen-bond acceptors (Lipinski definition) is 10. The largest absolute Gasteiger partial charge is 0.460 e. The lowest BCUT2D eigenvalue weighted by molar-refractivity contribution is -0.208. The van der Waals surface area contributed by atoms with Crippen LogP contribution in [0.3, 0.4) is 0 Å². The van der Waals surface area contributed by atoms with Gasteiger partial charge < -0.3 is 23.7 Å². The summed E-state index contributed by atoms with van der Waals surface area (Å²) in [5.41, 5.74) is -0.520. The molecule has 23 atom stereocenters. The molecule has 0 aromatic rings. The summed E-state index contributed by atoms with van der Waals surface area (Å²) in [6, 6.07) is 0.